The van der Waals surface area contributed by atoms with Gasteiger partial charge in [-0.2, -0.15) is 0 Å². The van der Waals surface area contributed by atoms with E-state index in [0.717, 1.165) is 0 Å². The minimum atomic E-state index is 0.544. The van der Waals surface area contributed by atoms with E-state index in [-0.39, 0.29) is 0 Å². The second kappa shape index (κ2) is 5.89. The Hall–Kier alpha value is -1.04. The number of rotatable bonds is 4. The Labute approximate surface area is 100 Å². The van der Waals surface area contributed by atoms with Gasteiger partial charge in [0, 0.05) is 5.92 Å². The molecule has 16 heavy (non-hydrogen) atoms. The SMILES string of the molecule is Cc1ccc(C(/C=C/C(C)C)C(C)C)cc1. The second-order valence-electron chi connectivity index (χ2n) is 5.31. The molecule has 0 heteroatoms. The molecule has 0 aliphatic rings. The summed E-state index contributed by atoms with van der Waals surface area (Å²) in [7, 11) is 0. The van der Waals surface area contributed by atoms with Crippen molar-refractivity contribution >= 4 is 0 Å². The summed E-state index contributed by atoms with van der Waals surface area (Å²) in [5, 5.41) is 0. The molecule has 1 rings (SSSR count). The minimum Gasteiger partial charge on any atom is -0.0853 e. The van der Waals surface area contributed by atoms with Crippen LogP contribution in [0.25, 0.3) is 0 Å². The van der Waals surface area contributed by atoms with Gasteiger partial charge in [-0.3, -0.25) is 0 Å². The summed E-state index contributed by atoms with van der Waals surface area (Å²) in [5.41, 5.74) is 2.76. The van der Waals surface area contributed by atoms with Crippen LogP contribution in [-0.4, -0.2) is 0 Å². The molecule has 1 aromatic carbocycles. The number of aryl methyl sites for hydroxylation is 1. The van der Waals surface area contributed by atoms with E-state index in [1.807, 2.05) is 0 Å². The van der Waals surface area contributed by atoms with Crippen molar-refractivity contribution in [2.75, 3.05) is 0 Å². The van der Waals surface area contributed by atoms with E-state index >= 15 is 0 Å². The van der Waals surface area contributed by atoms with E-state index in [1.165, 1.54) is 11.1 Å². The smallest absolute Gasteiger partial charge is 0.00411 e. The van der Waals surface area contributed by atoms with Gasteiger partial charge in [0.1, 0.15) is 0 Å². The third-order valence-electron chi connectivity index (χ3n) is 2.88. The molecule has 0 aromatic heterocycles. The van der Waals surface area contributed by atoms with Gasteiger partial charge >= 0.3 is 0 Å². The van der Waals surface area contributed by atoms with Gasteiger partial charge in [0.25, 0.3) is 0 Å². The van der Waals surface area contributed by atoms with Gasteiger partial charge in [-0.15, -0.1) is 0 Å². The van der Waals surface area contributed by atoms with Gasteiger partial charge in [0.05, 0.1) is 0 Å². The molecule has 0 amide bonds. The average Bonchev–Trinajstić information content (AvgIpc) is 2.20. The van der Waals surface area contributed by atoms with Crippen LogP contribution >= 0.6 is 0 Å². The molecule has 0 aliphatic heterocycles. The minimum absolute atomic E-state index is 0.544. The van der Waals surface area contributed by atoms with Crippen molar-refractivity contribution in [3.8, 4) is 0 Å². The Balaban J connectivity index is 2.89. The lowest BCUT2D eigenvalue weighted by molar-refractivity contribution is 0.574. The van der Waals surface area contributed by atoms with Gasteiger partial charge in [-0.25, -0.2) is 0 Å². The summed E-state index contributed by atoms with van der Waals surface area (Å²) >= 11 is 0. The lowest BCUT2D eigenvalue weighted by atomic mass is 9.87. The van der Waals surface area contributed by atoms with Crippen molar-refractivity contribution in [1.82, 2.24) is 0 Å². The van der Waals surface area contributed by atoms with Crippen LogP contribution in [0.3, 0.4) is 0 Å². The monoisotopic (exact) mass is 216 g/mol. The third-order valence-corrected chi connectivity index (χ3v) is 2.88. The molecule has 0 nitrogen and oxygen atoms in total. The first-order chi connectivity index (χ1) is 7.50. The number of allylic oxidation sites excluding steroid dienone is 2. The van der Waals surface area contributed by atoms with Crippen LogP contribution in [0.1, 0.15) is 44.7 Å². The summed E-state index contributed by atoms with van der Waals surface area (Å²) in [6.45, 7) is 11.2. The fourth-order valence-electron chi connectivity index (χ4n) is 1.85. The Morgan fingerprint density at radius 2 is 1.44 bits per heavy atom. The van der Waals surface area contributed by atoms with Crippen molar-refractivity contribution in [2.45, 2.75) is 40.5 Å². The summed E-state index contributed by atoms with van der Waals surface area (Å²) in [4.78, 5) is 0. The van der Waals surface area contributed by atoms with Crippen LogP contribution < -0.4 is 0 Å². The van der Waals surface area contributed by atoms with Crippen LogP contribution in [0.4, 0.5) is 0 Å². The molecule has 0 N–H and O–H groups in total. The van der Waals surface area contributed by atoms with Gasteiger partial charge in [0.15, 0.2) is 0 Å². The number of hydrogen-bond acceptors (Lipinski definition) is 0. The van der Waals surface area contributed by atoms with Gasteiger partial charge in [-0.05, 0) is 24.3 Å². The third kappa shape index (κ3) is 3.84. The van der Waals surface area contributed by atoms with Crippen LogP contribution in [0.15, 0.2) is 36.4 Å². The molecule has 1 unspecified atom stereocenters. The zero-order valence-electron chi connectivity index (χ0n) is 11.2. The summed E-state index contributed by atoms with van der Waals surface area (Å²) in [6.07, 6.45) is 4.67. The first-order valence-corrected chi connectivity index (χ1v) is 6.25. The number of benzene rings is 1. The molecule has 0 fully saturated rings. The predicted molar refractivity (Wildman–Crippen MR) is 72.7 cm³/mol. The van der Waals surface area contributed by atoms with Crippen molar-refractivity contribution < 1.29 is 0 Å². The maximum Gasteiger partial charge on any atom is 0.00411 e. The van der Waals surface area contributed by atoms with E-state index in [4.69, 9.17) is 0 Å². The fraction of sp³-hybridized carbons (Fsp3) is 0.500. The van der Waals surface area contributed by atoms with E-state index in [1.54, 1.807) is 0 Å². The van der Waals surface area contributed by atoms with Gasteiger partial charge in [-0.1, -0.05) is 69.7 Å². The molecule has 0 aliphatic carbocycles. The van der Waals surface area contributed by atoms with Crippen molar-refractivity contribution in [2.24, 2.45) is 11.8 Å². The Bertz CT molecular complexity index is 328. The predicted octanol–water partition coefficient (Wildman–Crippen LogP) is 4.95. The highest BCUT2D eigenvalue weighted by atomic mass is 14.2. The molecule has 0 saturated heterocycles. The van der Waals surface area contributed by atoms with Crippen molar-refractivity contribution in [1.29, 1.82) is 0 Å². The maximum absolute atomic E-state index is 2.36. The van der Waals surface area contributed by atoms with Crippen LogP contribution in [0.2, 0.25) is 0 Å². The quantitative estimate of drug-likeness (QED) is 0.625. The summed E-state index contributed by atoms with van der Waals surface area (Å²) < 4.78 is 0. The normalized spacial score (nSPS) is 13.9. The lowest BCUT2D eigenvalue weighted by Crippen LogP contribution is -2.04. The highest BCUT2D eigenvalue weighted by Crippen LogP contribution is 2.26. The van der Waals surface area contributed by atoms with Crippen LogP contribution in [0.5, 0.6) is 0 Å². The Morgan fingerprint density at radius 1 is 0.875 bits per heavy atom. The zero-order valence-corrected chi connectivity index (χ0v) is 11.2. The molecule has 0 saturated carbocycles. The standard InChI is InChI=1S/C16H24/c1-12(2)6-11-16(13(3)4)15-9-7-14(5)8-10-15/h6-13,16H,1-5H3/b11-6+. The van der Waals surface area contributed by atoms with Crippen molar-refractivity contribution in [3.63, 3.8) is 0 Å². The first kappa shape index (κ1) is 13.0. The zero-order chi connectivity index (χ0) is 12.1. The molecule has 1 aromatic rings. The molecule has 0 spiro atoms. The Kier molecular flexibility index (Phi) is 4.79. The fourth-order valence-corrected chi connectivity index (χ4v) is 1.85. The van der Waals surface area contributed by atoms with Crippen molar-refractivity contribution in [3.05, 3.63) is 47.5 Å². The molecule has 88 valence electrons. The molecule has 0 radical (unpaired) electrons. The molecule has 1 atom stereocenters. The molecular weight excluding hydrogens is 192 g/mol. The Morgan fingerprint density at radius 3 is 1.88 bits per heavy atom. The van der Waals surface area contributed by atoms with Crippen LogP contribution in [-0.2, 0) is 0 Å². The van der Waals surface area contributed by atoms with Gasteiger partial charge < -0.3 is 0 Å². The van der Waals surface area contributed by atoms with Gasteiger partial charge in [0.2, 0.25) is 0 Å². The number of hydrogen-bond donors (Lipinski definition) is 0. The summed E-state index contributed by atoms with van der Waals surface area (Å²) in [6, 6.07) is 8.91. The van der Waals surface area contributed by atoms with Crippen LogP contribution in [0, 0.1) is 18.8 Å². The first-order valence-electron chi connectivity index (χ1n) is 6.25. The lowest BCUT2D eigenvalue weighted by Gasteiger charge is -2.18. The largest absolute Gasteiger partial charge is 0.0853 e. The van der Waals surface area contributed by atoms with E-state index in [0.29, 0.717) is 17.8 Å². The van der Waals surface area contributed by atoms with E-state index in [2.05, 4.69) is 71.0 Å². The highest BCUT2D eigenvalue weighted by Gasteiger charge is 2.12. The second-order valence-corrected chi connectivity index (χ2v) is 5.31. The topological polar surface area (TPSA) is 0 Å². The molecular formula is C16H24. The molecule has 0 heterocycles. The maximum atomic E-state index is 2.36. The summed E-state index contributed by atoms with van der Waals surface area (Å²) in [5.74, 6) is 1.83. The average molecular weight is 216 g/mol. The highest BCUT2D eigenvalue weighted by molar-refractivity contribution is 5.28. The molecule has 0 bridgehead atoms. The van der Waals surface area contributed by atoms with E-state index in [9.17, 15) is 0 Å². The van der Waals surface area contributed by atoms with E-state index < -0.39 is 0 Å².